The number of rotatable bonds is 6. The summed E-state index contributed by atoms with van der Waals surface area (Å²) in [6, 6.07) is 0.545. The lowest BCUT2D eigenvalue weighted by atomic mass is 10.3. The predicted molar refractivity (Wildman–Crippen MR) is 70.3 cm³/mol. The van der Waals surface area contributed by atoms with Crippen LogP contribution < -0.4 is 5.32 Å². The Morgan fingerprint density at radius 3 is 2.94 bits per heavy atom. The number of nitrogens with one attached hydrogen (secondary N) is 1. The molecule has 0 radical (unpaired) electrons. The Labute approximate surface area is 108 Å². The van der Waals surface area contributed by atoms with E-state index in [2.05, 4.69) is 38.9 Å². The highest BCUT2D eigenvalue weighted by molar-refractivity contribution is 7.19. The van der Waals surface area contributed by atoms with Gasteiger partial charge in [0.2, 0.25) is 0 Å². The molecule has 1 N–H and O–H groups in total. The molecule has 0 fully saturated rings. The number of hydrogen-bond donors (Lipinski definition) is 1. The number of nitrogens with zero attached hydrogens (tertiary/aromatic N) is 4. The molecule has 0 aromatic carbocycles. The SMILES string of the molecule is CC(C)NCCCc1nnc(-c2cnns2)s1. The standard InChI is InChI=1S/C10H15N5S2/c1-7(2)11-5-3-4-9-13-14-10(16-9)8-6-12-15-17-8/h6-7,11H,3-5H2,1-2H3. The van der Waals surface area contributed by atoms with Crippen molar-refractivity contribution >= 4 is 22.9 Å². The van der Waals surface area contributed by atoms with Crippen LogP contribution in [-0.2, 0) is 6.42 Å². The van der Waals surface area contributed by atoms with Crippen LogP contribution in [0.2, 0.25) is 0 Å². The van der Waals surface area contributed by atoms with Crippen LogP contribution in [0.3, 0.4) is 0 Å². The van der Waals surface area contributed by atoms with Crippen LogP contribution in [0, 0.1) is 0 Å². The average Bonchev–Trinajstić information content (AvgIpc) is 2.94. The zero-order chi connectivity index (χ0) is 12.1. The molecule has 2 aromatic heterocycles. The van der Waals surface area contributed by atoms with Crippen molar-refractivity contribution in [1.29, 1.82) is 0 Å². The third-order valence-corrected chi connectivity index (χ3v) is 3.98. The molecule has 0 aliphatic heterocycles. The third kappa shape index (κ3) is 3.79. The lowest BCUT2D eigenvalue weighted by Crippen LogP contribution is -2.23. The maximum Gasteiger partial charge on any atom is 0.161 e. The van der Waals surface area contributed by atoms with Gasteiger partial charge < -0.3 is 5.32 Å². The van der Waals surface area contributed by atoms with E-state index in [0.29, 0.717) is 6.04 Å². The van der Waals surface area contributed by atoms with E-state index in [0.717, 1.165) is 34.3 Å². The van der Waals surface area contributed by atoms with Crippen molar-refractivity contribution in [1.82, 2.24) is 25.1 Å². The minimum Gasteiger partial charge on any atom is -0.315 e. The van der Waals surface area contributed by atoms with Gasteiger partial charge in [0.25, 0.3) is 0 Å². The van der Waals surface area contributed by atoms with Gasteiger partial charge in [0.15, 0.2) is 5.01 Å². The van der Waals surface area contributed by atoms with E-state index in [4.69, 9.17) is 0 Å². The van der Waals surface area contributed by atoms with E-state index < -0.39 is 0 Å². The second-order valence-electron chi connectivity index (χ2n) is 4.00. The van der Waals surface area contributed by atoms with Crippen molar-refractivity contribution < 1.29 is 0 Å². The van der Waals surface area contributed by atoms with Crippen LogP contribution in [0.4, 0.5) is 0 Å². The zero-order valence-electron chi connectivity index (χ0n) is 9.88. The molecule has 17 heavy (non-hydrogen) atoms. The summed E-state index contributed by atoms with van der Waals surface area (Å²) in [6.07, 6.45) is 3.80. The molecule has 0 bridgehead atoms. The van der Waals surface area contributed by atoms with Crippen LogP contribution in [0.1, 0.15) is 25.3 Å². The van der Waals surface area contributed by atoms with Crippen molar-refractivity contribution in [2.24, 2.45) is 0 Å². The topological polar surface area (TPSA) is 63.6 Å². The molecular weight excluding hydrogens is 254 g/mol. The maximum absolute atomic E-state index is 4.18. The highest BCUT2D eigenvalue weighted by Crippen LogP contribution is 2.25. The monoisotopic (exact) mass is 269 g/mol. The first kappa shape index (κ1) is 12.5. The largest absolute Gasteiger partial charge is 0.315 e. The predicted octanol–water partition coefficient (Wildman–Crippen LogP) is 1.99. The Hall–Kier alpha value is -0.920. The lowest BCUT2D eigenvalue weighted by Gasteiger charge is -2.05. The van der Waals surface area contributed by atoms with Crippen molar-refractivity contribution in [2.45, 2.75) is 32.7 Å². The van der Waals surface area contributed by atoms with E-state index in [-0.39, 0.29) is 0 Å². The smallest absolute Gasteiger partial charge is 0.161 e. The van der Waals surface area contributed by atoms with Crippen molar-refractivity contribution in [3.63, 3.8) is 0 Å². The van der Waals surface area contributed by atoms with Gasteiger partial charge in [0.05, 0.1) is 6.20 Å². The Kier molecular flexibility index (Phi) is 4.52. The molecule has 2 aromatic rings. The molecular formula is C10H15N5S2. The minimum atomic E-state index is 0.545. The summed E-state index contributed by atoms with van der Waals surface area (Å²) in [6.45, 7) is 5.33. The Balaban J connectivity index is 1.83. The highest BCUT2D eigenvalue weighted by Gasteiger charge is 2.08. The van der Waals surface area contributed by atoms with Crippen LogP contribution in [-0.4, -0.2) is 32.4 Å². The van der Waals surface area contributed by atoms with E-state index in [1.54, 1.807) is 17.5 Å². The van der Waals surface area contributed by atoms with Gasteiger partial charge in [-0.2, -0.15) is 0 Å². The van der Waals surface area contributed by atoms with Crippen LogP contribution in [0.15, 0.2) is 6.20 Å². The third-order valence-electron chi connectivity index (χ3n) is 2.16. The summed E-state index contributed by atoms with van der Waals surface area (Å²) < 4.78 is 3.82. The van der Waals surface area contributed by atoms with Gasteiger partial charge in [-0.1, -0.05) is 29.7 Å². The van der Waals surface area contributed by atoms with Crippen LogP contribution >= 0.6 is 22.9 Å². The summed E-state index contributed by atoms with van der Waals surface area (Å²) in [5.74, 6) is 0. The molecule has 7 heteroatoms. The van der Waals surface area contributed by atoms with Crippen molar-refractivity contribution in [3.05, 3.63) is 11.2 Å². The second-order valence-corrected chi connectivity index (χ2v) is 5.84. The highest BCUT2D eigenvalue weighted by atomic mass is 32.1. The first-order chi connectivity index (χ1) is 8.25. The molecule has 2 rings (SSSR count). The van der Waals surface area contributed by atoms with Crippen molar-refractivity contribution in [3.8, 4) is 9.88 Å². The van der Waals surface area contributed by atoms with E-state index in [1.807, 2.05) is 0 Å². The molecule has 2 heterocycles. The normalized spacial score (nSPS) is 11.2. The fourth-order valence-corrected chi connectivity index (χ4v) is 2.76. The average molecular weight is 269 g/mol. The van der Waals surface area contributed by atoms with Gasteiger partial charge in [-0.05, 0) is 24.5 Å². The van der Waals surface area contributed by atoms with E-state index >= 15 is 0 Å². The first-order valence-corrected chi connectivity index (χ1v) is 7.18. The number of aryl methyl sites for hydroxylation is 1. The molecule has 0 saturated carbocycles. The number of aromatic nitrogens is 4. The van der Waals surface area contributed by atoms with Gasteiger partial charge in [0.1, 0.15) is 9.88 Å². The molecule has 0 aliphatic carbocycles. The van der Waals surface area contributed by atoms with E-state index in [1.165, 1.54) is 11.5 Å². The minimum absolute atomic E-state index is 0.545. The molecule has 0 saturated heterocycles. The number of hydrogen-bond acceptors (Lipinski definition) is 7. The quantitative estimate of drug-likeness (QED) is 0.812. The van der Waals surface area contributed by atoms with E-state index in [9.17, 15) is 0 Å². The molecule has 0 atom stereocenters. The van der Waals surface area contributed by atoms with Gasteiger partial charge in [-0.3, -0.25) is 0 Å². The summed E-state index contributed by atoms with van der Waals surface area (Å²) in [4.78, 5) is 0.994. The van der Waals surface area contributed by atoms with Crippen molar-refractivity contribution in [2.75, 3.05) is 6.54 Å². The summed E-state index contributed by atoms with van der Waals surface area (Å²) in [7, 11) is 0. The molecule has 0 amide bonds. The summed E-state index contributed by atoms with van der Waals surface area (Å²) in [5.41, 5.74) is 0. The summed E-state index contributed by atoms with van der Waals surface area (Å²) in [5, 5.41) is 17.5. The van der Waals surface area contributed by atoms with Gasteiger partial charge in [-0.25, -0.2) is 0 Å². The van der Waals surface area contributed by atoms with Gasteiger partial charge in [-0.15, -0.1) is 15.3 Å². The maximum atomic E-state index is 4.18. The first-order valence-electron chi connectivity index (χ1n) is 5.59. The summed E-state index contributed by atoms with van der Waals surface area (Å²) >= 11 is 2.99. The molecule has 5 nitrogen and oxygen atoms in total. The second kappa shape index (κ2) is 6.13. The fourth-order valence-electron chi connectivity index (χ4n) is 1.35. The Morgan fingerprint density at radius 2 is 2.24 bits per heavy atom. The molecule has 92 valence electrons. The fraction of sp³-hybridized carbons (Fsp3) is 0.600. The Morgan fingerprint density at radius 1 is 1.35 bits per heavy atom. The molecule has 0 unspecified atom stereocenters. The Bertz CT molecular complexity index is 437. The van der Waals surface area contributed by atoms with Gasteiger partial charge in [0, 0.05) is 12.5 Å². The van der Waals surface area contributed by atoms with Crippen LogP contribution in [0.25, 0.3) is 9.88 Å². The molecule has 0 aliphatic rings. The van der Waals surface area contributed by atoms with Crippen LogP contribution in [0.5, 0.6) is 0 Å². The van der Waals surface area contributed by atoms with Gasteiger partial charge >= 0.3 is 0 Å². The zero-order valence-corrected chi connectivity index (χ0v) is 11.5. The molecule has 0 spiro atoms. The lowest BCUT2D eigenvalue weighted by molar-refractivity contribution is 0.569.